The molecule has 1 heterocycles. The second-order valence-corrected chi connectivity index (χ2v) is 10.5. The van der Waals surface area contributed by atoms with Gasteiger partial charge in [-0.15, -0.1) is 11.8 Å². The molecule has 1 aliphatic rings. The predicted octanol–water partition coefficient (Wildman–Crippen LogP) is 3.70. The lowest BCUT2D eigenvalue weighted by atomic mass is 9.96. The molecule has 0 radical (unpaired) electrons. The van der Waals surface area contributed by atoms with Crippen LogP contribution < -0.4 is 14.8 Å². The molecule has 0 bridgehead atoms. The highest BCUT2D eigenvalue weighted by molar-refractivity contribution is 7.98. The summed E-state index contributed by atoms with van der Waals surface area (Å²) in [6.07, 6.45) is 2.96. The highest BCUT2D eigenvalue weighted by atomic mass is 32.2. The third-order valence-electron chi connectivity index (χ3n) is 5.79. The summed E-state index contributed by atoms with van der Waals surface area (Å²) in [5.41, 5.74) is 1.04. The fraction of sp³-hybridized carbons (Fsp3) is 0.435. The lowest BCUT2D eigenvalue weighted by molar-refractivity contribution is -0.126. The molecule has 7 nitrogen and oxygen atoms in total. The molecule has 1 saturated heterocycles. The Labute approximate surface area is 194 Å². The number of thioether (sulfide) groups is 1. The average molecular weight is 479 g/mol. The number of methoxy groups -OCH3 is 2. The van der Waals surface area contributed by atoms with Gasteiger partial charge in [0.2, 0.25) is 15.9 Å². The Morgan fingerprint density at radius 3 is 2.31 bits per heavy atom. The molecule has 0 aromatic heterocycles. The van der Waals surface area contributed by atoms with Crippen molar-refractivity contribution in [2.24, 2.45) is 5.92 Å². The molecular weight excluding hydrogens is 448 g/mol. The number of hydrogen-bond acceptors (Lipinski definition) is 6. The fourth-order valence-corrected chi connectivity index (χ4v) is 5.84. The summed E-state index contributed by atoms with van der Waals surface area (Å²) >= 11 is 1.67. The van der Waals surface area contributed by atoms with Gasteiger partial charge in [0.15, 0.2) is 0 Å². The Balaban J connectivity index is 1.63. The van der Waals surface area contributed by atoms with Crippen molar-refractivity contribution in [3.05, 3.63) is 48.0 Å². The van der Waals surface area contributed by atoms with Crippen LogP contribution in [0.25, 0.3) is 0 Å². The smallest absolute Gasteiger partial charge is 0.246 e. The summed E-state index contributed by atoms with van der Waals surface area (Å²) in [5, 5.41) is 3.07. The largest absolute Gasteiger partial charge is 0.497 e. The predicted molar refractivity (Wildman–Crippen MR) is 126 cm³/mol. The minimum Gasteiger partial charge on any atom is -0.497 e. The number of carbonyl (C=O) groups excluding carboxylic acids is 1. The monoisotopic (exact) mass is 478 g/mol. The van der Waals surface area contributed by atoms with Crippen LogP contribution >= 0.6 is 11.8 Å². The SMILES string of the molecule is COc1ccc(OC)c(S(=O)(=O)N2CCC(C(=O)NC(C)c3ccc(SC)cc3)CC2)c1. The average Bonchev–Trinajstić information content (AvgIpc) is 2.83. The molecule has 1 N–H and O–H groups in total. The first-order valence-corrected chi connectivity index (χ1v) is 13.1. The maximum atomic E-state index is 13.2. The first-order valence-electron chi connectivity index (χ1n) is 10.5. The van der Waals surface area contributed by atoms with Gasteiger partial charge in [0.05, 0.1) is 20.3 Å². The van der Waals surface area contributed by atoms with Crippen molar-refractivity contribution in [3.8, 4) is 11.5 Å². The zero-order valence-electron chi connectivity index (χ0n) is 18.8. The molecule has 0 aliphatic carbocycles. The number of rotatable bonds is 8. The Bertz CT molecular complexity index is 1030. The summed E-state index contributed by atoms with van der Waals surface area (Å²) in [6, 6.07) is 12.7. The molecule has 1 atom stereocenters. The Kier molecular flexibility index (Phi) is 8.08. The van der Waals surface area contributed by atoms with E-state index in [0.29, 0.717) is 18.6 Å². The van der Waals surface area contributed by atoms with Gasteiger partial charge in [0.1, 0.15) is 16.4 Å². The number of ether oxygens (including phenoxy) is 2. The Morgan fingerprint density at radius 2 is 1.75 bits per heavy atom. The second-order valence-electron chi connectivity index (χ2n) is 7.70. The lowest BCUT2D eigenvalue weighted by Gasteiger charge is -2.31. The number of benzene rings is 2. The van der Waals surface area contributed by atoms with E-state index in [4.69, 9.17) is 9.47 Å². The van der Waals surface area contributed by atoms with E-state index in [1.807, 2.05) is 37.4 Å². The van der Waals surface area contributed by atoms with Gasteiger partial charge in [-0.25, -0.2) is 8.42 Å². The summed E-state index contributed by atoms with van der Waals surface area (Å²) in [6.45, 7) is 2.51. The maximum absolute atomic E-state index is 13.2. The molecule has 32 heavy (non-hydrogen) atoms. The lowest BCUT2D eigenvalue weighted by Crippen LogP contribution is -2.43. The number of piperidine rings is 1. The van der Waals surface area contributed by atoms with E-state index >= 15 is 0 Å². The van der Waals surface area contributed by atoms with Gasteiger partial charge in [-0.3, -0.25) is 4.79 Å². The van der Waals surface area contributed by atoms with E-state index < -0.39 is 10.0 Å². The van der Waals surface area contributed by atoms with Crippen LogP contribution in [0, 0.1) is 5.92 Å². The van der Waals surface area contributed by atoms with Crippen LogP contribution in [-0.4, -0.2) is 52.2 Å². The topological polar surface area (TPSA) is 84.9 Å². The van der Waals surface area contributed by atoms with Crippen molar-refractivity contribution in [3.63, 3.8) is 0 Å². The molecule has 9 heteroatoms. The minimum absolute atomic E-state index is 0.0394. The van der Waals surface area contributed by atoms with E-state index in [9.17, 15) is 13.2 Å². The van der Waals surface area contributed by atoms with Crippen molar-refractivity contribution < 1.29 is 22.7 Å². The number of sulfonamides is 1. The quantitative estimate of drug-likeness (QED) is 0.583. The Hall–Kier alpha value is -2.23. The van der Waals surface area contributed by atoms with E-state index in [2.05, 4.69) is 5.32 Å². The van der Waals surface area contributed by atoms with Gasteiger partial charge in [-0.05, 0) is 55.9 Å². The zero-order valence-corrected chi connectivity index (χ0v) is 20.5. The van der Waals surface area contributed by atoms with Crippen LogP contribution in [0.4, 0.5) is 0 Å². The molecule has 2 aromatic carbocycles. The third kappa shape index (κ3) is 5.39. The number of hydrogen-bond donors (Lipinski definition) is 1. The van der Waals surface area contributed by atoms with Gasteiger partial charge in [-0.2, -0.15) is 4.31 Å². The summed E-state index contributed by atoms with van der Waals surface area (Å²) < 4.78 is 38.3. The van der Waals surface area contributed by atoms with E-state index in [-0.39, 0.29) is 41.6 Å². The van der Waals surface area contributed by atoms with Crippen LogP contribution in [0.15, 0.2) is 52.3 Å². The van der Waals surface area contributed by atoms with Gasteiger partial charge in [0.25, 0.3) is 0 Å². The number of amides is 1. The summed E-state index contributed by atoms with van der Waals surface area (Å²) in [7, 11) is -0.840. The molecule has 0 saturated carbocycles. The van der Waals surface area contributed by atoms with E-state index in [1.54, 1.807) is 23.9 Å². The normalized spacial score (nSPS) is 16.4. The molecule has 1 unspecified atom stereocenters. The zero-order chi connectivity index (χ0) is 23.3. The van der Waals surface area contributed by atoms with Crippen molar-refractivity contribution >= 4 is 27.7 Å². The Morgan fingerprint density at radius 1 is 1.09 bits per heavy atom. The number of carbonyl (C=O) groups is 1. The molecule has 2 aromatic rings. The molecule has 1 aliphatic heterocycles. The molecular formula is C23H30N2O5S2. The molecule has 1 fully saturated rings. The van der Waals surface area contributed by atoms with Gasteiger partial charge in [0, 0.05) is 30.0 Å². The molecule has 174 valence electrons. The van der Waals surface area contributed by atoms with Crippen molar-refractivity contribution in [2.75, 3.05) is 33.6 Å². The van der Waals surface area contributed by atoms with Crippen molar-refractivity contribution in [2.45, 2.75) is 35.6 Å². The van der Waals surface area contributed by atoms with Crippen LogP contribution in [0.1, 0.15) is 31.4 Å². The number of nitrogens with one attached hydrogen (secondary N) is 1. The van der Waals surface area contributed by atoms with Crippen LogP contribution in [0.3, 0.4) is 0 Å². The van der Waals surface area contributed by atoms with Crippen LogP contribution in [0.2, 0.25) is 0 Å². The molecule has 0 spiro atoms. The van der Waals surface area contributed by atoms with Gasteiger partial charge < -0.3 is 14.8 Å². The second kappa shape index (κ2) is 10.6. The molecule has 3 rings (SSSR count). The van der Waals surface area contributed by atoms with Crippen molar-refractivity contribution in [1.29, 1.82) is 0 Å². The fourth-order valence-electron chi connectivity index (χ4n) is 3.79. The molecule has 1 amide bonds. The van der Waals surface area contributed by atoms with Crippen LogP contribution in [-0.2, 0) is 14.8 Å². The van der Waals surface area contributed by atoms with Crippen molar-refractivity contribution in [1.82, 2.24) is 9.62 Å². The third-order valence-corrected chi connectivity index (χ3v) is 8.45. The van der Waals surface area contributed by atoms with E-state index in [0.717, 1.165) is 5.56 Å². The highest BCUT2D eigenvalue weighted by Crippen LogP contribution is 2.32. The first kappa shape index (κ1) is 24.4. The summed E-state index contributed by atoms with van der Waals surface area (Å²) in [4.78, 5) is 14.0. The van der Waals surface area contributed by atoms with Crippen LogP contribution in [0.5, 0.6) is 11.5 Å². The highest BCUT2D eigenvalue weighted by Gasteiger charge is 2.34. The maximum Gasteiger partial charge on any atom is 0.246 e. The van der Waals surface area contributed by atoms with Gasteiger partial charge in [-0.1, -0.05) is 12.1 Å². The van der Waals surface area contributed by atoms with E-state index in [1.165, 1.54) is 29.5 Å². The summed E-state index contributed by atoms with van der Waals surface area (Å²) in [5.74, 6) is 0.453. The first-order chi connectivity index (χ1) is 15.3. The minimum atomic E-state index is -3.76. The number of nitrogens with zero attached hydrogens (tertiary/aromatic N) is 1. The standard InChI is InChI=1S/C23H30N2O5S2/c1-16(17-5-8-20(31-4)9-6-17)24-23(26)18-11-13-25(14-12-18)32(27,28)22-15-19(29-2)7-10-21(22)30-3/h5-10,15-16,18H,11-14H2,1-4H3,(H,24,26). The van der Waals surface area contributed by atoms with Gasteiger partial charge >= 0.3 is 0 Å².